The number of piperazine rings is 1. The zero-order valence-corrected chi connectivity index (χ0v) is 25.1. The van der Waals surface area contributed by atoms with Gasteiger partial charge in [-0.15, -0.1) is 0 Å². The summed E-state index contributed by atoms with van der Waals surface area (Å²) < 4.78 is 18.9. The summed E-state index contributed by atoms with van der Waals surface area (Å²) in [4.78, 5) is 31.1. The molecule has 1 aromatic heterocycles. The molecule has 222 valence electrons. The van der Waals surface area contributed by atoms with Crippen LogP contribution in [0.25, 0.3) is 10.8 Å². The summed E-state index contributed by atoms with van der Waals surface area (Å²) in [5.74, 6) is 0.737. The number of ether oxygens (including phenoxy) is 1. The second kappa shape index (κ2) is 12.1. The molecule has 2 fully saturated rings. The van der Waals surface area contributed by atoms with Crippen molar-refractivity contribution in [2.24, 2.45) is 0 Å². The Hall–Kier alpha value is -3.43. The van der Waals surface area contributed by atoms with Crippen LogP contribution in [0.1, 0.15) is 31.0 Å². The first-order valence-corrected chi connectivity index (χ1v) is 15.2. The first-order chi connectivity index (χ1) is 20.4. The molecule has 0 bridgehead atoms. The van der Waals surface area contributed by atoms with Gasteiger partial charge in [-0.05, 0) is 63.4 Å². The Morgan fingerprint density at radius 2 is 1.86 bits per heavy atom. The molecule has 1 atom stereocenters. The van der Waals surface area contributed by atoms with Crippen molar-refractivity contribution >= 4 is 39.8 Å². The second-order valence-corrected chi connectivity index (χ2v) is 12.1. The molecule has 0 N–H and O–H groups in total. The maximum absolute atomic E-state index is 12.5. The number of amides is 1. The molecule has 3 aliphatic rings. The molecular weight excluding hydrogens is 555 g/mol. The quantitative estimate of drug-likeness (QED) is 0.362. The molecule has 3 aromatic rings. The lowest BCUT2D eigenvalue weighted by Crippen LogP contribution is -2.49. The van der Waals surface area contributed by atoms with E-state index in [0.29, 0.717) is 45.3 Å². The number of hydrogen-bond acceptors (Lipinski definition) is 7. The standard InChI is InChI=1S/C32H38ClFN6O2/c1-32(13-6-15-37(32)2)22-42-31-35-26-21-40(27-10-4-8-23-7-3-9-25(33)29(23)27)16-12-24(26)30(36-31)39-19-17-38(18-20-39)28(41)11-5-14-34/h3-5,7-11H,6,12-22H2,1-2H3/b11-5+. The van der Waals surface area contributed by atoms with Crippen molar-refractivity contribution in [3.8, 4) is 6.01 Å². The van der Waals surface area contributed by atoms with Crippen molar-refractivity contribution in [1.82, 2.24) is 19.8 Å². The van der Waals surface area contributed by atoms with Gasteiger partial charge in [0.1, 0.15) is 19.1 Å². The number of likely N-dealkylation sites (tertiary alicyclic amines) is 1. The predicted octanol–water partition coefficient (Wildman–Crippen LogP) is 4.88. The molecule has 42 heavy (non-hydrogen) atoms. The summed E-state index contributed by atoms with van der Waals surface area (Å²) in [6.45, 7) is 6.98. The average Bonchev–Trinajstić information content (AvgIpc) is 3.35. The van der Waals surface area contributed by atoms with E-state index in [9.17, 15) is 9.18 Å². The summed E-state index contributed by atoms with van der Waals surface area (Å²) in [5, 5.41) is 2.90. The van der Waals surface area contributed by atoms with Crippen molar-refractivity contribution in [2.45, 2.75) is 38.3 Å². The lowest BCUT2D eigenvalue weighted by molar-refractivity contribution is -0.126. The zero-order chi connectivity index (χ0) is 29.3. The van der Waals surface area contributed by atoms with Gasteiger partial charge in [-0.25, -0.2) is 4.39 Å². The van der Waals surface area contributed by atoms with Crippen molar-refractivity contribution in [2.75, 3.05) is 69.4 Å². The number of nitrogens with zero attached hydrogens (tertiary/aromatic N) is 6. The molecular formula is C32H38ClFN6O2. The Morgan fingerprint density at radius 1 is 1.07 bits per heavy atom. The molecule has 0 radical (unpaired) electrons. The van der Waals surface area contributed by atoms with Gasteiger partial charge in [0.2, 0.25) is 5.91 Å². The number of anilines is 2. The molecule has 0 aliphatic carbocycles. The smallest absolute Gasteiger partial charge is 0.318 e. The minimum Gasteiger partial charge on any atom is -0.461 e. The molecule has 6 rings (SSSR count). The Kier molecular flexibility index (Phi) is 8.23. The zero-order valence-electron chi connectivity index (χ0n) is 24.4. The highest BCUT2D eigenvalue weighted by molar-refractivity contribution is 6.36. The van der Waals surface area contributed by atoms with Crippen LogP contribution < -0.4 is 14.5 Å². The molecule has 10 heteroatoms. The topological polar surface area (TPSA) is 65.0 Å². The number of aromatic nitrogens is 2. The second-order valence-electron chi connectivity index (χ2n) is 11.7. The Labute approximate surface area is 251 Å². The van der Waals surface area contributed by atoms with E-state index in [1.807, 2.05) is 12.1 Å². The van der Waals surface area contributed by atoms with E-state index in [2.05, 4.69) is 52.9 Å². The first kappa shape index (κ1) is 28.7. The monoisotopic (exact) mass is 592 g/mol. The van der Waals surface area contributed by atoms with Crippen LogP contribution in [0.2, 0.25) is 5.02 Å². The van der Waals surface area contributed by atoms with Gasteiger partial charge in [0.05, 0.1) is 22.8 Å². The summed E-state index contributed by atoms with van der Waals surface area (Å²) in [6, 6.07) is 12.7. The van der Waals surface area contributed by atoms with Gasteiger partial charge in [0.25, 0.3) is 0 Å². The minimum absolute atomic E-state index is 0.0513. The Bertz CT molecular complexity index is 1490. The summed E-state index contributed by atoms with van der Waals surface area (Å²) in [5.41, 5.74) is 3.13. The van der Waals surface area contributed by atoms with Crippen molar-refractivity contribution < 1.29 is 13.9 Å². The highest BCUT2D eigenvalue weighted by Crippen LogP contribution is 2.37. The van der Waals surface area contributed by atoms with E-state index in [4.69, 9.17) is 26.3 Å². The van der Waals surface area contributed by atoms with Crippen LogP contribution >= 0.6 is 11.6 Å². The molecule has 2 aromatic carbocycles. The fourth-order valence-corrected chi connectivity index (χ4v) is 6.69. The third kappa shape index (κ3) is 5.64. The normalized spacial score (nSPS) is 21.4. The molecule has 1 unspecified atom stereocenters. The number of halogens is 2. The fraction of sp³-hybridized carbons (Fsp3) is 0.469. The van der Waals surface area contributed by atoms with Crippen LogP contribution in [-0.2, 0) is 17.8 Å². The lowest BCUT2D eigenvalue weighted by Gasteiger charge is -2.38. The third-order valence-electron chi connectivity index (χ3n) is 9.08. The first-order valence-electron chi connectivity index (χ1n) is 14.8. The maximum Gasteiger partial charge on any atom is 0.318 e. The SMILES string of the molecule is CN1CCCC1(C)COc1nc2c(c(N3CCN(C(=O)/C=C/CF)CC3)n1)CCN(c1cccc3cccc(Cl)c13)C2. The van der Waals surface area contributed by atoms with E-state index < -0.39 is 6.67 Å². The van der Waals surface area contributed by atoms with Crippen molar-refractivity contribution in [3.05, 3.63) is 64.8 Å². The molecule has 0 saturated carbocycles. The van der Waals surface area contributed by atoms with E-state index in [-0.39, 0.29) is 11.4 Å². The van der Waals surface area contributed by atoms with Crippen LogP contribution in [0.4, 0.5) is 15.9 Å². The van der Waals surface area contributed by atoms with Crippen LogP contribution in [0.15, 0.2) is 48.6 Å². The van der Waals surface area contributed by atoms with Gasteiger partial charge >= 0.3 is 6.01 Å². The highest BCUT2D eigenvalue weighted by Gasteiger charge is 2.35. The fourth-order valence-electron chi connectivity index (χ4n) is 6.41. The average molecular weight is 593 g/mol. The van der Waals surface area contributed by atoms with Crippen LogP contribution in [-0.4, -0.2) is 90.8 Å². The molecule has 2 saturated heterocycles. The highest BCUT2D eigenvalue weighted by atomic mass is 35.5. The molecule has 1 amide bonds. The summed E-state index contributed by atoms with van der Waals surface area (Å²) >= 11 is 6.69. The molecule has 0 spiro atoms. The van der Waals surface area contributed by atoms with Crippen molar-refractivity contribution in [1.29, 1.82) is 0 Å². The number of likely N-dealkylation sites (N-methyl/N-ethyl adjacent to an activating group) is 1. The molecule has 3 aliphatic heterocycles. The maximum atomic E-state index is 12.5. The largest absolute Gasteiger partial charge is 0.461 e. The van der Waals surface area contributed by atoms with Gasteiger partial charge in [0.15, 0.2) is 0 Å². The van der Waals surface area contributed by atoms with Crippen molar-refractivity contribution in [3.63, 3.8) is 0 Å². The molecule has 4 heterocycles. The van der Waals surface area contributed by atoms with E-state index in [1.54, 1.807) is 4.90 Å². The van der Waals surface area contributed by atoms with Gasteiger partial charge in [0, 0.05) is 55.4 Å². The Balaban J connectivity index is 1.30. The number of fused-ring (bicyclic) bond motifs is 2. The molecule has 8 nitrogen and oxygen atoms in total. The van der Waals surface area contributed by atoms with Crippen LogP contribution in [0.5, 0.6) is 6.01 Å². The number of carbonyl (C=O) groups excluding carboxylic acids is 1. The summed E-state index contributed by atoms with van der Waals surface area (Å²) in [7, 11) is 2.15. The van der Waals surface area contributed by atoms with E-state index in [0.717, 1.165) is 70.9 Å². The Morgan fingerprint density at radius 3 is 2.60 bits per heavy atom. The van der Waals surface area contributed by atoms with E-state index >= 15 is 0 Å². The number of rotatable bonds is 7. The number of hydrogen-bond donors (Lipinski definition) is 0. The van der Waals surface area contributed by atoms with Gasteiger partial charge < -0.3 is 19.4 Å². The number of alkyl halides is 1. The minimum atomic E-state index is -0.640. The predicted molar refractivity (Wildman–Crippen MR) is 165 cm³/mol. The van der Waals surface area contributed by atoms with Gasteiger partial charge in [-0.1, -0.05) is 35.9 Å². The van der Waals surface area contributed by atoms with Gasteiger partial charge in [-0.2, -0.15) is 9.97 Å². The van der Waals surface area contributed by atoms with Crippen LogP contribution in [0.3, 0.4) is 0 Å². The third-order valence-corrected chi connectivity index (χ3v) is 9.39. The number of carbonyl (C=O) groups is 1. The number of allylic oxidation sites excluding steroid dienone is 1. The lowest BCUT2D eigenvalue weighted by atomic mass is 10.0. The van der Waals surface area contributed by atoms with Gasteiger partial charge in [-0.3, -0.25) is 9.69 Å². The van der Waals surface area contributed by atoms with Crippen LogP contribution in [0, 0.1) is 0 Å². The van der Waals surface area contributed by atoms with E-state index in [1.165, 1.54) is 12.2 Å². The number of benzene rings is 2. The summed E-state index contributed by atoms with van der Waals surface area (Å²) in [6.07, 6.45) is 5.59.